The molecule has 0 unspecified atom stereocenters. The number of esters is 2. The van der Waals surface area contributed by atoms with E-state index in [0.717, 1.165) is 148 Å². The smallest absolute Gasteiger partial charge is 0.481 e. The summed E-state index contributed by atoms with van der Waals surface area (Å²) < 4.78 is 69.6. The molecule has 0 saturated carbocycles. The summed E-state index contributed by atoms with van der Waals surface area (Å²) in [5.74, 6) is -1.82. The number of nitrogens with two attached hydrogens (primary N) is 1. The largest absolute Gasteiger partial charge is 2.00 e. The maximum atomic E-state index is 14.7. The van der Waals surface area contributed by atoms with Crippen LogP contribution in [0, 0.1) is 20.8 Å². The van der Waals surface area contributed by atoms with Gasteiger partial charge in [0.25, 0.3) is 0 Å². The van der Waals surface area contributed by atoms with Crippen molar-refractivity contribution in [3.8, 4) is 33.8 Å². The number of aryl methyl sites for hydroxylation is 9. The van der Waals surface area contributed by atoms with Gasteiger partial charge in [0.15, 0.2) is 0 Å². The Bertz CT molecular complexity index is 4780. The van der Waals surface area contributed by atoms with E-state index in [1.807, 2.05) is 142 Å². The van der Waals surface area contributed by atoms with Gasteiger partial charge in [0.1, 0.15) is 52.8 Å². The van der Waals surface area contributed by atoms with Crippen molar-refractivity contribution in [2.75, 3.05) is 105 Å². The van der Waals surface area contributed by atoms with E-state index in [2.05, 4.69) is 71.5 Å². The summed E-state index contributed by atoms with van der Waals surface area (Å²) in [6, 6.07) is 41.1. The SMILES string of the molecule is COC[C@@H](F)CN(CCCCc1ccc2c(n1)CCCC2)CC[C@H](Cc1cncc(-c2ccccc2)n1)C(=O)O.COC[C@@H](F)CN(CCCCc1ccc2c(n1)CCCC2)CC[C@H](N)C(=O)OC(C)(C)C.COC[C@@H](F)CN(CCCCc1ccc2c(n1)CCCC2)CC[C@H](Nc1cncc(-c2ccccc2)n1)C(=O)OC(C)(C)C.Clc1cncc(-c2ccccc2)n1.[CH3-].[CH3-].[Pd+2]. The molecule has 0 radical (unpaired) electrons. The van der Waals surface area contributed by atoms with E-state index >= 15 is 0 Å². The molecule has 0 saturated heterocycles. The Morgan fingerprint density at radius 3 is 1.20 bits per heavy atom. The molecule has 28 heteroatoms. The second kappa shape index (κ2) is 60.4. The van der Waals surface area contributed by atoms with Gasteiger partial charge in [-0.3, -0.25) is 39.5 Å². The van der Waals surface area contributed by atoms with E-state index < -0.39 is 59.7 Å². The summed E-state index contributed by atoms with van der Waals surface area (Å²) in [6.07, 6.45) is 30.5. The average Bonchev–Trinajstić information content (AvgIpc) is 0.850. The number of fused-ring (bicyclic) bond motifs is 3. The molecule has 3 aliphatic rings. The first-order chi connectivity index (χ1) is 62.2. The molecular weight excluding hydrogens is 1790 g/mol. The van der Waals surface area contributed by atoms with E-state index in [0.29, 0.717) is 74.3 Å². The van der Waals surface area contributed by atoms with Gasteiger partial charge in [0.2, 0.25) is 0 Å². The molecule has 6 aromatic heterocycles. The number of carboxylic acid groups (broad SMARTS) is 1. The van der Waals surface area contributed by atoms with Crippen LogP contribution in [0.3, 0.4) is 0 Å². The number of hydrogen-bond donors (Lipinski definition) is 3. The second-order valence-corrected chi connectivity index (χ2v) is 36.2. The normalized spacial score (nSPS) is 14.1. The van der Waals surface area contributed by atoms with Crippen LogP contribution < -0.4 is 11.1 Å². The van der Waals surface area contributed by atoms with Crippen molar-refractivity contribution in [3.63, 3.8) is 0 Å². The van der Waals surface area contributed by atoms with Gasteiger partial charge in [-0.15, -0.1) is 0 Å². The Morgan fingerprint density at radius 1 is 0.439 bits per heavy atom. The number of aliphatic carboxylic acids is 1. The van der Waals surface area contributed by atoms with Crippen molar-refractivity contribution in [1.29, 1.82) is 0 Å². The van der Waals surface area contributed by atoms with Gasteiger partial charge in [0.05, 0.1) is 79.5 Å². The molecule has 9 aromatic rings. The molecule has 0 amide bonds. The van der Waals surface area contributed by atoms with Gasteiger partial charge in [-0.05, 0) is 257 Å². The Kier molecular flexibility index (Phi) is 51.1. The Morgan fingerprint density at radius 2 is 0.803 bits per heavy atom. The molecule has 6 atom stereocenters. The molecule has 0 spiro atoms. The summed E-state index contributed by atoms with van der Waals surface area (Å²) in [5.41, 5.74) is 21.9. The molecule has 132 heavy (non-hydrogen) atoms. The number of unbranched alkanes of at least 4 members (excludes halogenated alkanes) is 3. The average molecular weight is 1930 g/mol. The van der Waals surface area contributed by atoms with Crippen molar-refractivity contribution >= 4 is 35.3 Å². The standard InChI is InChI=1S/C35H48FN5O3.C32H41FN4O3.C25H42FN3O3.C10H7ClN2.2CH3.Pd/c1-35(2,3)44-34(42)31(39-33-23-37-22-32(40-33)26-12-6-5-7-13-26)19-21-41(24-28(36)25-43-4)20-11-10-15-29-18-17-27-14-8-9-16-30(27)38-29;1-40-23-27(33)22-37(17-8-7-12-28-15-14-25-11-5-6-13-30(25)35-28)18-16-26(32(38)39)19-29-20-34-21-31(36-29)24-9-3-2-4-10-24;1-25(2,3)32-24(30)22(27)14-16-29(17-20(26)18-31-4)15-8-7-10-21-13-12-19-9-5-6-11-23(19)28-21;11-10-7-12-6-9(13-10)8-4-2-1-3-5-8;;;/h5-7,12-13,17-18,22-23,28,31H,8-11,14-16,19-21,24-25H2,1-4H3,(H,39,40);2-4,9-10,14-15,20-21,26-27H,5-8,11-13,16-19,22-23H2,1H3,(H,38,39);12-13,20,22H,5-11,14-18,27H2,1-4H3;1-7H;2*1H3;/q;;;;2*-1;+2/t28-,31-;26-,27+;20-,22-;;;;/m010..../s1. The maximum Gasteiger partial charge on any atom is 2.00 e. The van der Waals surface area contributed by atoms with Gasteiger partial charge in [-0.2, -0.15) is 0 Å². The summed E-state index contributed by atoms with van der Waals surface area (Å²) in [4.78, 5) is 84.5. The number of carbonyl (C=O) groups excluding carboxylic acids is 2. The van der Waals surface area contributed by atoms with E-state index in [9.17, 15) is 32.7 Å². The van der Waals surface area contributed by atoms with Gasteiger partial charge in [-0.1, -0.05) is 121 Å². The molecule has 722 valence electrons. The van der Waals surface area contributed by atoms with Gasteiger partial charge < -0.3 is 69.4 Å². The molecule has 23 nitrogen and oxygen atoms in total. The zero-order chi connectivity index (χ0) is 92.2. The zero-order valence-electron chi connectivity index (χ0n) is 79.7. The first kappa shape index (κ1) is 112. The number of halogens is 4. The molecule has 4 N–H and O–H groups in total. The fourth-order valence-corrected chi connectivity index (χ4v) is 16.2. The van der Waals surface area contributed by atoms with Crippen molar-refractivity contribution in [1.82, 2.24) is 59.6 Å². The Hall–Kier alpha value is -8.98. The third kappa shape index (κ3) is 41.9. The Balaban J connectivity index is 0.000000284. The predicted molar refractivity (Wildman–Crippen MR) is 517 cm³/mol. The van der Waals surface area contributed by atoms with Crippen LogP contribution in [0.4, 0.5) is 19.0 Å². The van der Waals surface area contributed by atoms with Crippen molar-refractivity contribution in [2.45, 2.75) is 244 Å². The fourth-order valence-electron chi connectivity index (χ4n) is 16.0. The number of pyridine rings is 3. The Labute approximate surface area is 802 Å². The van der Waals surface area contributed by atoms with Crippen LogP contribution in [0.2, 0.25) is 5.15 Å². The minimum Gasteiger partial charge on any atom is -0.481 e. The second-order valence-electron chi connectivity index (χ2n) is 35.8. The number of nitrogens with zero attached hydrogens (tertiary/aromatic N) is 12. The summed E-state index contributed by atoms with van der Waals surface area (Å²) in [7, 11) is 4.50. The molecule has 12 rings (SSSR count). The van der Waals surface area contributed by atoms with E-state index in [-0.39, 0.29) is 87.1 Å². The molecule has 0 aliphatic heterocycles. The molecular formula is C104H144ClF3N14O9Pd. The third-order valence-corrected chi connectivity index (χ3v) is 22.7. The van der Waals surface area contributed by atoms with E-state index in [1.165, 1.54) is 99.8 Å². The molecule has 3 aliphatic carbocycles. The number of rotatable bonds is 46. The molecule has 0 fully saturated rings. The minimum absolute atomic E-state index is 0. The van der Waals surface area contributed by atoms with Crippen molar-refractivity contribution in [2.24, 2.45) is 11.7 Å². The molecule has 0 bridgehead atoms. The number of nitrogens with one attached hydrogen (secondary N) is 1. The maximum absolute atomic E-state index is 14.7. The number of benzene rings is 3. The van der Waals surface area contributed by atoms with Crippen LogP contribution in [0.5, 0.6) is 0 Å². The van der Waals surface area contributed by atoms with Crippen LogP contribution >= 0.6 is 11.6 Å². The van der Waals surface area contributed by atoms with Gasteiger partial charge in [-0.25, -0.2) is 32.9 Å². The topological polar surface area (TPSA) is 281 Å². The monoisotopic (exact) mass is 1930 g/mol. The third-order valence-electron chi connectivity index (χ3n) is 22.5. The quantitative estimate of drug-likeness (QED) is 0.0138. The van der Waals surface area contributed by atoms with Gasteiger partial charge >= 0.3 is 38.3 Å². The first-order valence-corrected chi connectivity index (χ1v) is 46.6. The number of alkyl halides is 3. The molecule has 3 aromatic carbocycles. The summed E-state index contributed by atoms with van der Waals surface area (Å²) in [5, 5.41) is 13.6. The minimum atomic E-state index is -1.12. The fraction of sp³-hybridized carbons (Fsp3) is 0.519. The van der Waals surface area contributed by atoms with Crippen LogP contribution in [0.1, 0.15) is 194 Å². The van der Waals surface area contributed by atoms with Crippen LogP contribution in [-0.4, -0.2) is 224 Å². The van der Waals surface area contributed by atoms with E-state index in [4.69, 9.17) is 61.0 Å². The summed E-state index contributed by atoms with van der Waals surface area (Å²) >= 11 is 5.72. The van der Waals surface area contributed by atoms with Crippen LogP contribution in [0.25, 0.3) is 33.8 Å². The number of carboxylic acids is 1. The number of methoxy groups -OCH3 is 3. The van der Waals surface area contributed by atoms with Crippen LogP contribution in [0.15, 0.2) is 165 Å². The number of carbonyl (C=O) groups is 3. The van der Waals surface area contributed by atoms with Crippen molar-refractivity contribution in [3.05, 3.63) is 241 Å². The molecule has 6 heterocycles. The van der Waals surface area contributed by atoms with Crippen molar-refractivity contribution < 1.29 is 76.8 Å². The summed E-state index contributed by atoms with van der Waals surface area (Å²) in [6.45, 7) is 15.5. The first-order valence-electron chi connectivity index (χ1n) is 46.2. The number of hydrogen-bond acceptors (Lipinski definition) is 22. The number of ether oxygens (including phenoxy) is 5. The van der Waals surface area contributed by atoms with Crippen LogP contribution in [-0.2, 0) is 123 Å². The number of anilines is 1. The predicted octanol–water partition coefficient (Wildman–Crippen LogP) is 18.9. The number of aromatic nitrogens is 9. The van der Waals surface area contributed by atoms with Gasteiger partial charge in [0, 0.05) is 118 Å². The zero-order valence-corrected chi connectivity index (χ0v) is 82.0. The van der Waals surface area contributed by atoms with E-state index in [1.54, 1.807) is 31.0 Å².